The number of phenolic OH excluding ortho intramolecular Hbond substituents is 1. The molecule has 0 bridgehead atoms. The largest absolute Gasteiger partial charge is 0.508 e. The highest BCUT2D eigenvalue weighted by Gasteiger charge is 2.38. The van der Waals surface area contributed by atoms with Crippen LogP contribution >= 0.6 is 0 Å². The van der Waals surface area contributed by atoms with Gasteiger partial charge in [-0.05, 0) is 55.9 Å². The molecule has 23 heteroatoms. The molecule has 63 heavy (non-hydrogen) atoms. The predicted octanol–water partition coefficient (Wildman–Crippen LogP) is -4.82. The number of likely N-dealkylation sites (tertiary alicyclic amines) is 1. The number of nitrogens with zero attached hydrogens (tertiary/aromatic N) is 2. The molecule has 1 fully saturated rings. The van der Waals surface area contributed by atoms with Gasteiger partial charge in [0.25, 0.3) is 0 Å². The Morgan fingerprint density at radius 3 is 2.00 bits per heavy atom. The number of aromatic hydroxyl groups is 1. The number of aliphatic imine (C=N–C) groups is 1. The number of nitrogens with two attached hydrogens (primary N) is 3. The lowest BCUT2D eigenvalue weighted by Crippen LogP contribution is -2.57. The molecule has 1 aliphatic rings. The third-order valence-corrected chi connectivity index (χ3v) is 9.79. The van der Waals surface area contributed by atoms with Crippen molar-refractivity contribution in [1.82, 2.24) is 36.8 Å². The van der Waals surface area contributed by atoms with E-state index in [-0.39, 0.29) is 56.9 Å². The quantitative estimate of drug-likeness (QED) is 0.0267. The van der Waals surface area contributed by atoms with Crippen molar-refractivity contribution in [3.05, 3.63) is 65.7 Å². The molecule has 1 aliphatic heterocycles. The van der Waals surface area contributed by atoms with Crippen molar-refractivity contribution in [2.24, 2.45) is 22.2 Å². The molecule has 1 saturated heterocycles. The lowest BCUT2D eigenvalue weighted by atomic mass is 10.0. The highest BCUT2D eigenvalue weighted by atomic mass is 16.4. The summed E-state index contributed by atoms with van der Waals surface area (Å²) >= 11 is 0. The van der Waals surface area contributed by atoms with Crippen LogP contribution in [-0.2, 0) is 51.2 Å². The van der Waals surface area contributed by atoms with Gasteiger partial charge in [0.05, 0.1) is 25.8 Å². The van der Waals surface area contributed by atoms with E-state index in [2.05, 4.69) is 36.9 Å². The number of phenols is 1. The van der Waals surface area contributed by atoms with Crippen molar-refractivity contribution in [2.75, 3.05) is 32.8 Å². The van der Waals surface area contributed by atoms with Gasteiger partial charge < -0.3 is 74.4 Å². The number of rotatable bonds is 24. The molecule has 23 nitrogen and oxygen atoms in total. The molecule has 0 unspecified atom stereocenters. The molecular weight excluding hydrogens is 827 g/mol. The molecule has 7 atom stereocenters. The van der Waals surface area contributed by atoms with Crippen LogP contribution in [0.15, 0.2) is 59.6 Å². The van der Waals surface area contributed by atoms with Gasteiger partial charge in [-0.15, -0.1) is 0 Å². The molecule has 16 N–H and O–H groups in total. The second-order valence-electron chi connectivity index (χ2n) is 14.8. The van der Waals surface area contributed by atoms with Gasteiger partial charge >= 0.3 is 5.97 Å². The minimum Gasteiger partial charge on any atom is -0.508 e. The summed E-state index contributed by atoms with van der Waals surface area (Å²) in [6, 6.07) is 6.60. The summed E-state index contributed by atoms with van der Waals surface area (Å²) in [4.78, 5) is 109. The van der Waals surface area contributed by atoms with E-state index in [9.17, 15) is 58.8 Å². The number of hydrogen-bond donors (Lipinski definition) is 13. The summed E-state index contributed by atoms with van der Waals surface area (Å²) in [5.41, 5.74) is 17.6. The summed E-state index contributed by atoms with van der Waals surface area (Å²) in [7, 11) is 0. The number of carbonyl (C=O) groups is 8. The summed E-state index contributed by atoms with van der Waals surface area (Å²) in [5, 5.41) is 52.8. The first-order valence-electron chi connectivity index (χ1n) is 20.1. The molecular formula is C40H57N11O12. The maximum atomic E-state index is 13.8. The molecule has 3 rings (SSSR count). The number of carbonyl (C=O) groups excluding carboxylic acids is 7. The molecule has 7 amide bonds. The van der Waals surface area contributed by atoms with E-state index in [0.29, 0.717) is 17.5 Å². The summed E-state index contributed by atoms with van der Waals surface area (Å²) in [6.45, 7) is -0.590. The first-order chi connectivity index (χ1) is 29.9. The topological polar surface area (TPSA) is 383 Å². The number of hydrogen-bond acceptors (Lipinski definition) is 13. The van der Waals surface area contributed by atoms with Crippen LogP contribution in [0.25, 0.3) is 0 Å². The summed E-state index contributed by atoms with van der Waals surface area (Å²) in [5.74, 6) is -7.32. The zero-order chi connectivity index (χ0) is 46.6. The van der Waals surface area contributed by atoms with Gasteiger partial charge in [0.2, 0.25) is 41.4 Å². The molecule has 0 spiro atoms. The average molecular weight is 884 g/mol. The van der Waals surface area contributed by atoms with Crippen LogP contribution in [-0.4, -0.2) is 154 Å². The van der Waals surface area contributed by atoms with Crippen LogP contribution in [0.3, 0.4) is 0 Å². The van der Waals surface area contributed by atoms with Crippen molar-refractivity contribution in [3.8, 4) is 5.75 Å². The molecule has 0 aromatic heterocycles. The first-order valence-corrected chi connectivity index (χ1v) is 20.1. The number of aliphatic hydroxyl groups excluding tert-OH is 2. The van der Waals surface area contributed by atoms with Crippen LogP contribution in [0.5, 0.6) is 5.75 Å². The average Bonchev–Trinajstić information content (AvgIpc) is 3.75. The van der Waals surface area contributed by atoms with Gasteiger partial charge in [-0.2, -0.15) is 0 Å². The van der Waals surface area contributed by atoms with Crippen LogP contribution < -0.4 is 49.1 Å². The Balaban J connectivity index is 1.67. The van der Waals surface area contributed by atoms with Gasteiger partial charge in [0.15, 0.2) is 12.0 Å². The van der Waals surface area contributed by atoms with Crippen LogP contribution in [0.2, 0.25) is 0 Å². The fourth-order valence-corrected chi connectivity index (χ4v) is 6.47. The van der Waals surface area contributed by atoms with Crippen LogP contribution in [0.4, 0.5) is 0 Å². The number of nitrogens with one attached hydrogen (secondary N) is 6. The molecule has 344 valence electrons. The van der Waals surface area contributed by atoms with E-state index < -0.39 is 109 Å². The Morgan fingerprint density at radius 1 is 0.794 bits per heavy atom. The fraction of sp³-hybridized carbons (Fsp3) is 0.475. The fourth-order valence-electron chi connectivity index (χ4n) is 6.47. The second kappa shape index (κ2) is 25.2. The first kappa shape index (κ1) is 50.5. The van der Waals surface area contributed by atoms with Crippen molar-refractivity contribution < 1.29 is 58.8 Å². The lowest BCUT2D eigenvalue weighted by molar-refractivity contribution is -0.145. The van der Waals surface area contributed by atoms with Gasteiger partial charge in [-0.25, -0.2) is 4.79 Å². The van der Waals surface area contributed by atoms with Crippen LogP contribution in [0.1, 0.15) is 43.7 Å². The Kier molecular flexibility index (Phi) is 20.2. The zero-order valence-electron chi connectivity index (χ0n) is 34.7. The van der Waals surface area contributed by atoms with E-state index >= 15 is 0 Å². The Labute approximate surface area is 362 Å². The number of carboxylic acid groups (broad SMARTS) is 1. The van der Waals surface area contributed by atoms with Crippen LogP contribution in [0, 0.1) is 0 Å². The standard InChI is InChI=1S/C40H57N11O12/c1-22(53)33(39(62)63)50-36(59)28(17-24-11-13-25(54)14-12-24)48-32(56)19-45-35(58)27(9-5-15-44-40(42)43)47-31(55)20-46-37(60)30-10-6-16-51(30)38(61)29(49-34(57)26(41)21-52)18-23-7-3-2-4-8-23/h2-4,7-8,11-14,22,26-30,33,52-54H,5-6,9-10,15-21,41H2,1H3,(H,45,58)(H,46,60)(H,47,55)(H,48,56)(H,49,57)(H,50,59)(H,62,63)(H4,42,43,44)/t22-,26+,27+,28+,29+,30+,33+/m1/s1. The third-order valence-electron chi connectivity index (χ3n) is 9.79. The smallest absolute Gasteiger partial charge is 0.328 e. The monoisotopic (exact) mass is 883 g/mol. The van der Waals surface area contributed by atoms with Crippen molar-refractivity contribution in [2.45, 2.75) is 87.8 Å². The highest BCUT2D eigenvalue weighted by molar-refractivity contribution is 5.96. The maximum absolute atomic E-state index is 13.8. The molecule has 2 aromatic carbocycles. The van der Waals surface area contributed by atoms with Gasteiger partial charge in [-0.3, -0.25) is 38.6 Å². The highest BCUT2D eigenvalue weighted by Crippen LogP contribution is 2.20. The Bertz CT molecular complexity index is 1930. The third kappa shape index (κ3) is 16.9. The molecule has 2 aromatic rings. The van der Waals surface area contributed by atoms with E-state index in [0.717, 1.165) is 6.92 Å². The van der Waals surface area contributed by atoms with Gasteiger partial charge in [0.1, 0.15) is 36.0 Å². The second-order valence-corrected chi connectivity index (χ2v) is 14.8. The van der Waals surface area contributed by atoms with Gasteiger partial charge in [-0.1, -0.05) is 42.5 Å². The molecule has 0 aliphatic carbocycles. The Hall–Kier alpha value is -6.85. The number of aliphatic hydroxyl groups is 2. The van der Waals surface area contributed by atoms with E-state index in [4.69, 9.17) is 17.2 Å². The maximum Gasteiger partial charge on any atom is 0.328 e. The van der Waals surface area contributed by atoms with E-state index in [1.807, 2.05) is 0 Å². The SMILES string of the molecule is C[C@@H](O)[C@H](NC(=O)[C@H](Cc1ccc(O)cc1)NC(=O)CNC(=O)[C@H](CCCN=C(N)N)NC(=O)CNC(=O)[C@@H]1CCCN1C(=O)[C@H](Cc1ccccc1)NC(=O)[C@@H](N)CO)C(=O)O. The number of aliphatic carboxylic acids is 1. The molecule has 0 saturated carbocycles. The van der Waals surface area contributed by atoms with Crippen molar-refractivity contribution >= 4 is 53.3 Å². The minimum atomic E-state index is -1.71. The minimum absolute atomic E-state index is 0.0366. The number of benzene rings is 2. The van der Waals surface area contributed by atoms with Crippen molar-refractivity contribution in [3.63, 3.8) is 0 Å². The lowest BCUT2D eigenvalue weighted by Gasteiger charge is -2.29. The summed E-state index contributed by atoms with van der Waals surface area (Å²) < 4.78 is 0. The van der Waals surface area contributed by atoms with E-state index in [1.165, 1.54) is 29.2 Å². The Morgan fingerprint density at radius 2 is 1.40 bits per heavy atom. The zero-order valence-corrected chi connectivity index (χ0v) is 34.7. The molecule has 1 heterocycles. The number of guanidine groups is 1. The normalized spacial score (nSPS) is 16.1. The van der Waals surface area contributed by atoms with Gasteiger partial charge in [0, 0.05) is 25.9 Å². The number of carboxylic acids is 1. The summed E-state index contributed by atoms with van der Waals surface area (Å²) in [6.07, 6.45) is -0.769. The predicted molar refractivity (Wildman–Crippen MR) is 225 cm³/mol. The molecule has 0 radical (unpaired) electrons. The van der Waals surface area contributed by atoms with E-state index in [1.54, 1.807) is 30.3 Å². The number of amides is 7. The van der Waals surface area contributed by atoms with Crippen molar-refractivity contribution in [1.29, 1.82) is 0 Å².